The molecular formula is C12H10BrNO. The van der Waals surface area contributed by atoms with Crippen molar-refractivity contribution in [1.29, 1.82) is 0 Å². The first-order chi connectivity index (χ1) is 7.24. The molecule has 0 bridgehead atoms. The molecule has 3 heteroatoms. The third-order valence-corrected chi connectivity index (χ3v) is 3.25. The van der Waals surface area contributed by atoms with Gasteiger partial charge in [0.05, 0.1) is 0 Å². The lowest BCUT2D eigenvalue weighted by Crippen LogP contribution is -2.02. The standard InChI is InChI=1S/C12H10BrNO/c1-7-14-12-10-6-9(13)4-2-8(10)3-5-11(12)15-7/h2,4,6H,3,5H2,1H3. The van der Waals surface area contributed by atoms with Crippen molar-refractivity contribution in [1.82, 2.24) is 4.98 Å². The summed E-state index contributed by atoms with van der Waals surface area (Å²) < 4.78 is 6.67. The Morgan fingerprint density at radius 1 is 1.33 bits per heavy atom. The van der Waals surface area contributed by atoms with Gasteiger partial charge in [0.25, 0.3) is 0 Å². The fraction of sp³-hybridized carbons (Fsp3) is 0.250. The predicted molar refractivity (Wildman–Crippen MR) is 61.8 cm³/mol. The lowest BCUT2D eigenvalue weighted by atomic mass is 9.93. The van der Waals surface area contributed by atoms with Gasteiger partial charge < -0.3 is 4.42 Å². The van der Waals surface area contributed by atoms with Crippen LogP contribution in [0.5, 0.6) is 0 Å². The maximum Gasteiger partial charge on any atom is 0.191 e. The second-order valence-electron chi connectivity index (χ2n) is 3.81. The second kappa shape index (κ2) is 3.20. The molecule has 76 valence electrons. The molecule has 0 saturated carbocycles. The molecule has 0 aliphatic heterocycles. The van der Waals surface area contributed by atoms with Crippen LogP contribution in [-0.2, 0) is 12.8 Å². The number of benzene rings is 1. The molecule has 0 radical (unpaired) electrons. The Bertz CT molecular complexity index is 530. The van der Waals surface area contributed by atoms with Crippen LogP contribution in [0.15, 0.2) is 27.1 Å². The average molecular weight is 264 g/mol. The normalized spacial score (nSPS) is 13.5. The van der Waals surface area contributed by atoms with Gasteiger partial charge in [0.1, 0.15) is 11.5 Å². The van der Waals surface area contributed by atoms with E-state index in [9.17, 15) is 0 Å². The number of aromatic nitrogens is 1. The van der Waals surface area contributed by atoms with Crippen LogP contribution in [0.25, 0.3) is 11.3 Å². The maximum absolute atomic E-state index is 5.58. The molecule has 15 heavy (non-hydrogen) atoms. The summed E-state index contributed by atoms with van der Waals surface area (Å²) in [5.74, 6) is 1.78. The Morgan fingerprint density at radius 3 is 3.07 bits per heavy atom. The van der Waals surface area contributed by atoms with Crippen molar-refractivity contribution in [2.24, 2.45) is 0 Å². The van der Waals surface area contributed by atoms with Crippen molar-refractivity contribution in [3.63, 3.8) is 0 Å². The van der Waals surface area contributed by atoms with E-state index in [1.165, 1.54) is 11.1 Å². The van der Waals surface area contributed by atoms with Gasteiger partial charge in [0.15, 0.2) is 5.89 Å². The minimum absolute atomic E-state index is 0.757. The van der Waals surface area contributed by atoms with E-state index in [4.69, 9.17) is 4.42 Å². The summed E-state index contributed by atoms with van der Waals surface area (Å²) in [7, 11) is 0. The Labute approximate surface area is 96.5 Å². The molecule has 0 saturated heterocycles. The van der Waals surface area contributed by atoms with E-state index in [-0.39, 0.29) is 0 Å². The van der Waals surface area contributed by atoms with Gasteiger partial charge in [-0.3, -0.25) is 0 Å². The highest BCUT2D eigenvalue weighted by Gasteiger charge is 2.21. The first-order valence-corrected chi connectivity index (χ1v) is 5.78. The predicted octanol–water partition coefficient (Wildman–Crippen LogP) is 3.51. The lowest BCUT2D eigenvalue weighted by molar-refractivity contribution is 0.473. The molecule has 0 spiro atoms. The van der Waals surface area contributed by atoms with E-state index in [1.54, 1.807) is 0 Å². The minimum atomic E-state index is 0.757. The van der Waals surface area contributed by atoms with Crippen molar-refractivity contribution in [3.05, 3.63) is 39.9 Å². The third-order valence-electron chi connectivity index (χ3n) is 2.75. The molecule has 2 nitrogen and oxygen atoms in total. The van der Waals surface area contributed by atoms with Crippen LogP contribution in [0.3, 0.4) is 0 Å². The minimum Gasteiger partial charge on any atom is -0.445 e. The molecule has 3 rings (SSSR count). The summed E-state index contributed by atoms with van der Waals surface area (Å²) in [6.45, 7) is 1.90. The highest BCUT2D eigenvalue weighted by atomic mass is 79.9. The molecular weight excluding hydrogens is 254 g/mol. The number of hydrogen-bond donors (Lipinski definition) is 0. The van der Waals surface area contributed by atoms with E-state index in [0.29, 0.717) is 0 Å². The van der Waals surface area contributed by atoms with Crippen LogP contribution in [0.4, 0.5) is 0 Å². The van der Waals surface area contributed by atoms with Crippen LogP contribution >= 0.6 is 15.9 Å². The SMILES string of the molecule is Cc1nc2c(o1)CCc1ccc(Br)cc1-2. The number of rotatable bonds is 0. The van der Waals surface area contributed by atoms with Gasteiger partial charge in [0, 0.05) is 23.4 Å². The van der Waals surface area contributed by atoms with Crippen molar-refractivity contribution in [2.45, 2.75) is 19.8 Å². The molecule has 1 aliphatic carbocycles. The van der Waals surface area contributed by atoms with Crippen molar-refractivity contribution < 1.29 is 4.42 Å². The molecule has 0 amide bonds. The summed E-state index contributed by atoms with van der Waals surface area (Å²) in [5.41, 5.74) is 3.59. The Kier molecular flexibility index (Phi) is 1.96. The zero-order chi connectivity index (χ0) is 10.4. The Morgan fingerprint density at radius 2 is 2.20 bits per heavy atom. The Balaban J connectivity index is 2.27. The number of nitrogens with zero attached hydrogens (tertiary/aromatic N) is 1. The molecule has 0 atom stereocenters. The van der Waals surface area contributed by atoms with E-state index in [2.05, 4.69) is 39.1 Å². The van der Waals surface area contributed by atoms with E-state index in [0.717, 1.165) is 34.7 Å². The highest BCUT2D eigenvalue weighted by molar-refractivity contribution is 9.10. The van der Waals surface area contributed by atoms with Crippen molar-refractivity contribution in [2.75, 3.05) is 0 Å². The van der Waals surface area contributed by atoms with Crippen LogP contribution < -0.4 is 0 Å². The average Bonchev–Trinajstić information content (AvgIpc) is 2.58. The van der Waals surface area contributed by atoms with Gasteiger partial charge in [-0.2, -0.15) is 0 Å². The summed E-state index contributed by atoms with van der Waals surface area (Å²) >= 11 is 3.49. The van der Waals surface area contributed by atoms with E-state index < -0.39 is 0 Å². The molecule has 1 aromatic carbocycles. The Hall–Kier alpha value is -1.09. The number of oxazole rings is 1. The topological polar surface area (TPSA) is 26.0 Å². The maximum atomic E-state index is 5.58. The van der Waals surface area contributed by atoms with Gasteiger partial charge >= 0.3 is 0 Å². The second-order valence-corrected chi connectivity index (χ2v) is 4.72. The monoisotopic (exact) mass is 263 g/mol. The third kappa shape index (κ3) is 1.42. The summed E-state index contributed by atoms with van der Waals surface area (Å²) in [6.07, 6.45) is 2.01. The quantitative estimate of drug-likeness (QED) is 0.727. The zero-order valence-corrected chi connectivity index (χ0v) is 9.97. The number of aryl methyl sites for hydroxylation is 3. The van der Waals surface area contributed by atoms with Gasteiger partial charge in [0.2, 0.25) is 0 Å². The fourth-order valence-corrected chi connectivity index (χ4v) is 2.45. The molecule has 0 N–H and O–H groups in total. The molecule has 1 aliphatic rings. The lowest BCUT2D eigenvalue weighted by Gasteiger charge is -2.13. The van der Waals surface area contributed by atoms with Crippen LogP contribution in [0.1, 0.15) is 17.2 Å². The molecule has 0 fully saturated rings. The molecule has 0 unspecified atom stereocenters. The van der Waals surface area contributed by atoms with Crippen LogP contribution in [-0.4, -0.2) is 4.98 Å². The fourth-order valence-electron chi connectivity index (χ4n) is 2.08. The zero-order valence-electron chi connectivity index (χ0n) is 8.38. The largest absolute Gasteiger partial charge is 0.445 e. The number of hydrogen-bond acceptors (Lipinski definition) is 2. The van der Waals surface area contributed by atoms with Crippen LogP contribution in [0, 0.1) is 6.92 Å². The van der Waals surface area contributed by atoms with Gasteiger partial charge in [-0.05, 0) is 24.1 Å². The summed E-state index contributed by atoms with van der Waals surface area (Å²) in [5, 5.41) is 0. The molecule has 2 aromatic rings. The highest BCUT2D eigenvalue weighted by Crippen LogP contribution is 2.34. The van der Waals surface area contributed by atoms with Gasteiger partial charge in [-0.25, -0.2) is 4.98 Å². The first-order valence-electron chi connectivity index (χ1n) is 4.99. The smallest absolute Gasteiger partial charge is 0.191 e. The number of fused-ring (bicyclic) bond motifs is 3. The number of halogens is 1. The first kappa shape index (κ1) is 9.16. The molecule has 1 heterocycles. The summed E-state index contributed by atoms with van der Waals surface area (Å²) in [6, 6.07) is 6.36. The van der Waals surface area contributed by atoms with Crippen molar-refractivity contribution in [3.8, 4) is 11.3 Å². The van der Waals surface area contributed by atoms with Crippen LogP contribution in [0.2, 0.25) is 0 Å². The van der Waals surface area contributed by atoms with Gasteiger partial charge in [-0.15, -0.1) is 0 Å². The molecule has 1 aromatic heterocycles. The van der Waals surface area contributed by atoms with E-state index >= 15 is 0 Å². The van der Waals surface area contributed by atoms with Gasteiger partial charge in [-0.1, -0.05) is 22.0 Å². The van der Waals surface area contributed by atoms with Crippen molar-refractivity contribution >= 4 is 15.9 Å². The van der Waals surface area contributed by atoms with E-state index in [1.807, 2.05) is 6.92 Å². The summed E-state index contributed by atoms with van der Waals surface area (Å²) in [4.78, 5) is 4.45.